The van der Waals surface area contributed by atoms with Gasteiger partial charge in [-0.25, -0.2) is 0 Å². The van der Waals surface area contributed by atoms with Gasteiger partial charge in [-0.3, -0.25) is 19.4 Å². The number of Topliss-reactive ketones (excluding diaryl/α,β-unsaturated/α-hetero) is 1. The summed E-state index contributed by atoms with van der Waals surface area (Å²) in [6, 6.07) is 17.9. The number of aromatic nitrogens is 1. The third-order valence-corrected chi connectivity index (χ3v) is 5.40. The first kappa shape index (κ1) is 27.8. The molecule has 8 nitrogen and oxygen atoms in total. The molecule has 0 aliphatic carbocycles. The number of aliphatic hydroxyl groups is 2. The highest BCUT2D eigenvalue weighted by molar-refractivity contribution is 5.98. The smallest absolute Gasteiger partial charge is 0.251 e. The molecule has 192 valence electrons. The van der Waals surface area contributed by atoms with E-state index in [0.717, 1.165) is 11.3 Å². The van der Waals surface area contributed by atoms with Crippen LogP contribution in [0, 0.1) is 23.7 Å². The van der Waals surface area contributed by atoms with E-state index in [1.807, 2.05) is 18.2 Å². The molecule has 1 aromatic heterocycles. The van der Waals surface area contributed by atoms with Gasteiger partial charge in [0.05, 0.1) is 6.10 Å². The number of ketones is 1. The first-order valence-corrected chi connectivity index (χ1v) is 11.9. The minimum Gasteiger partial charge on any atom is -0.391 e. The van der Waals surface area contributed by atoms with Crippen LogP contribution < -0.4 is 10.6 Å². The molecule has 38 heavy (non-hydrogen) atoms. The van der Waals surface area contributed by atoms with Crippen LogP contribution in [0.15, 0.2) is 72.9 Å². The molecule has 0 bridgehead atoms. The highest BCUT2D eigenvalue weighted by Gasteiger charge is 2.25. The van der Waals surface area contributed by atoms with E-state index in [4.69, 9.17) is 5.11 Å². The average Bonchev–Trinajstić information content (AvgIpc) is 2.94. The number of carbonyl (C=O) groups excluding carboxylic acids is 3. The van der Waals surface area contributed by atoms with Crippen LogP contribution in [0.2, 0.25) is 0 Å². The topological polar surface area (TPSA) is 129 Å². The monoisotopic (exact) mass is 509 g/mol. The Bertz CT molecular complexity index is 1380. The molecule has 0 spiro atoms. The van der Waals surface area contributed by atoms with Crippen molar-refractivity contribution in [1.82, 2.24) is 10.3 Å². The molecule has 2 amide bonds. The number of hydrogen-bond acceptors (Lipinski definition) is 6. The lowest BCUT2D eigenvalue weighted by molar-refractivity contribution is -0.126. The molecule has 0 fully saturated rings. The summed E-state index contributed by atoms with van der Waals surface area (Å²) in [5.41, 5.74) is 3.20. The summed E-state index contributed by atoms with van der Waals surface area (Å²) in [4.78, 5) is 40.4. The zero-order chi connectivity index (χ0) is 27.3. The van der Waals surface area contributed by atoms with Crippen LogP contribution in [0.1, 0.15) is 40.5 Å². The van der Waals surface area contributed by atoms with E-state index in [2.05, 4.69) is 39.3 Å². The molecule has 1 heterocycles. The largest absolute Gasteiger partial charge is 0.391 e. The summed E-state index contributed by atoms with van der Waals surface area (Å²) in [6.45, 7) is 0.580. The van der Waals surface area contributed by atoms with Gasteiger partial charge < -0.3 is 20.8 Å². The van der Waals surface area contributed by atoms with Gasteiger partial charge >= 0.3 is 0 Å². The van der Waals surface area contributed by atoms with Crippen molar-refractivity contribution >= 4 is 23.3 Å². The lowest BCUT2D eigenvalue weighted by Gasteiger charge is -2.19. The maximum absolute atomic E-state index is 12.3. The molecule has 0 aliphatic rings. The van der Waals surface area contributed by atoms with Gasteiger partial charge in [-0.1, -0.05) is 17.9 Å². The fourth-order valence-electron chi connectivity index (χ4n) is 3.35. The molecular formula is C30H27N3O5. The highest BCUT2D eigenvalue weighted by atomic mass is 16.3. The first-order valence-electron chi connectivity index (χ1n) is 11.9. The molecule has 3 rings (SSSR count). The Morgan fingerprint density at radius 2 is 1.55 bits per heavy atom. The summed E-state index contributed by atoms with van der Waals surface area (Å²) in [5, 5.41) is 23.9. The molecule has 0 unspecified atom stereocenters. The van der Waals surface area contributed by atoms with Crippen molar-refractivity contribution in [1.29, 1.82) is 0 Å². The molecule has 0 saturated carbocycles. The normalized spacial score (nSPS) is 11.6. The molecule has 3 aromatic rings. The van der Waals surface area contributed by atoms with Crippen molar-refractivity contribution in [2.75, 3.05) is 11.9 Å². The summed E-state index contributed by atoms with van der Waals surface area (Å²) >= 11 is 0. The van der Waals surface area contributed by atoms with Gasteiger partial charge in [0.15, 0.2) is 5.78 Å². The van der Waals surface area contributed by atoms with Crippen molar-refractivity contribution in [3.63, 3.8) is 0 Å². The number of aliphatic hydroxyl groups excluding tert-OH is 2. The Morgan fingerprint density at radius 1 is 0.921 bits per heavy atom. The molecule has 0 saturated heterocycles. The number of pyridine rings is 1. The van der Waals surface area contributed by atoms with Gasteiger partial charge in [-0.15, -0.1) is 0 Å². The highest BCUT2D eigenvalue weighted by Crippen LogP contribution is 2.10. The average molecular weight is 510 g/mol. The van der Waals surface area contributed by atoms with E-state index in [1.54, 1.807) is 54.7 Å². The van der Waals surface area contributed by atoms with E-state index in [1.165, 1.54) is 6.92 Å². The van der Waals surface area contributed by atoms with E-state index in [-0.39, 0.29) is 11.5 Å². The van der Waals surface area contributed by atoms with Crippen LogP contribution in [-0.2, 0) is 16.0 Å². The number of nitrogens with one attached hydrogen (secondary N) is 2. The van der Waals surface area contributed by atoms with Crippen LogP contribution in [-0.4, -0.2) is 51.5 Å². The Morgan fingerprint density at radius 3 is 2.11 bits per heavy atom. The molecule has 2 aromatic carbocycles. The molecule has 0 radical (unpaired) electrons. The predicted molar refractivity (Wildman–Crippen MR) is 143 cm³/mol. The van der Waals surface area contributed by atoms with Crippen LogP contribution in [0.3, 0.4) is 0 Å². The van der Waals surface area contributed by atoms with E-state index in [0.29, 0.717) is 24.1 Å². The van der Waals surface area contributed by atoms with Crippen LogP contribution in [0.4, 0.5) is 5.69 Å². The molecule has 2 atom stereocenters. The third-order valence-electron chi connectivity index (χ3n) is 5.40. The Balaban J connectivity index is 1.51. The lowest BCUT2D eigenvalue weighted by atomic mass is 10.1. The predicted octanol–water partition coefficient (Wildman–Crippen LogP) is 2.10. The van der Waals surface area contributed by atoms with Gasteiger partial charge in [0.2, 0.25) is 5.91 Å². The fourth-order valence-corrected chi connectivity index (χ4v) is 3.35. The number of carbonyl (C=O) groups is 3. The van der Waals surface area contributed by atoms with Crippen LogP contribution in [0.25, 0.3) is 0 Å². The van der Waals surface area contributed by atoms with E-state index in [9.17, 15) is 19.5 Å². The van der Waals surface area contributed by atoms with Gasteiger partial charge in [-0.2, -0.15) is 0 Å². The quantitative estimate of drug-likeness (QED) is 0.327. The van der Waals surface area contributed by atoms with E-state index >= 15 is 0 Å². The summed E-state index contributed by atoms with van der Waals surface area (Å²) in [7, 11) is 0. The van der Waals surface area contributed by atoms with Crippen molar-refractivity contribution in [3.8, 4) is 23.7 Å². The SMILES string of the molecule is C[C@@H](O)[C@H](NC(=O)c1ccc(C#CC#Cc2ccc(NC(=O)CCc3ccccn3)cc2)cc1)C(=O)CO. The summed E-state index contributed by atoms with van der Waals surface area (Å²) in [6.07, 6.45) is 1.47. The first-order chi connectivity index (χ1) is 18.4. The van der Waals surface area contributed by atoms with Gasteiger partial charge in [0.25, 0.3) is 5.91 Å². The number of benzene rings is 2. The number of amides is 2. The number of nitrogens with zero attached hydrogens (tertiary/aromatic N) is 1. The van der Waals surface area contributed by atoms with Crippen LogP contribution >= 0.6 is 0 Å². The summed E-state index contributed by atoms with van der Waals surface area (Å²) < 4.78 is 0. The second-order valence-electron chi connectivity index (χ2n) is 8.34. The summed E-state index contributed by atoms with van der Waals surface area (Å²) in [5.74, 6) is 10.0. The second kappa shape index (κ2) is 14.1. The van der Waals surface area contributed by atoms with Gasteiger partial charge in [0, 0.05) is 40.7 Å². The van der Waals surface area contributed by atoms with Crippen molar-refractivity contribution < 1.29 is 24.6 Å². The van der Waals surface area contributed by atoms with Crippen molar-refractivity contribution in [3.05, 3.63) is 95.3 Å². The maximum atomic E-state index is 12.3. The number of aryl methyl sites for hydroxylation is 1. The minimum absolute atomic E-state index is 0.0923. The Hall–Kier alpha value is -4.76. The van der Waals surface area contributed by atoms with E-state index < -0.39 is 30.4 Å². The Labute approximate surface area is 221 Å². The number of anilines is 1. The van der Waals surface area contributed by atoms with Crippen LogP contribution in [0.5, 0.6) is 0 Å². The second-order valence-corrected chi connectivity index (χ2v) is 8.34. The standard InChI is InChI=1S/C30H27N3O5/c1-21(35)29(27(36)20-34)33-30(38)24-13-9-22(10-14-24)6-2-3-7-23-11-15-26(16-12-23)32-28(37)18-17-25-8-4-5-19-31-25/h4-5,8-16,19,21,29,34-35H,17-18,20H2,1H3,(H,32,37)(H,33,38)/t21-,29+/m1/s1. The number of rotatable bonds is 9. The van der Waals surface area contributed by atoms with Crippen molar-refractivity contribution in [2.24, 2.45) is 0 Å². The fraction of sp³-hybridized carbons (Fsp3) is 0.200. The zero-order valence-electron chi connectivity index (χ0n) is 20.8. The van der Waals surface area contributed by atoms with Crippen molar-refractivity contribution in [2.45, 2.75) is 31.9 Å². The molecule has 8 heteroatoms. The van der Waals surface area contributed by atoms with Gasteiger partial charge in [0.1, 0.15) is 12.6 Å². The maximum Gasteiger partial charge on any atom is 0.251 e. The number of hydrogen-bond donors (Lipinski definition) is 4. The van der Waals surface area contributed by atoms with Gasteiger partial charge in [-0.05, 0) is 85.8 Å². The third kappa shape index (κ3) is 8.72. The zero-order valence-corrected chi connectivity index (χ0v) is 20.8. The lowest BCUT2D eigenvalue weighted by Crippen LogP contribution is -2.48. The molecule has 0 aliphatic heterocycles. The Kier molecular flexibility index (Phi) is 10.3. The molecular weight excluding hydrogens is 482 g/mol. The molecule has 4 N–H and O–H groups in total. The minimum atomic E-state index is -1.19.